The summed E-state index contributed by atoms with van der Waals surface area (Å²) < 4.78 is 36.5. The zero-order valence-electron chi connectivity index (χ0n) is 13.1. The van der Waals surface area contributed by atoms with Gasteiger partial charge in [-0.05, 0) is 42.5 Å². The molecule has 6 heteroatoms. The molecule has 21 heavy (non-hydrogen) atoms. The molecule has 0 heterocycles. The first kappa shape index (κ1) is 18.1. The molecule has 120 valence electrons. The van der Waals surface area contributed by atoms with E-state index in [4.69, 9.17) is 5.14 Å². The fourth-order valence-electron chi connectivity index (χ4n) is 2.09. The molecule has 0 aromatic heterocycles. The van der Waals surface area contributed by atoms with Gasteiger partial charge in [0.25, 0.3) is 0 Å². The third-order valence-corrected chi connectivity index (χ3v) is 4.37. The lowest BCUT2D eigenvalue weighted by Crippen LogP contribution is -2.42. The number of rotatable bonds is 6. The Morgan fingerprint density at radius 1 is 1.33 bits per heavy atom. The average molecular weight is 316 g/mol. The van der Waals surface area contributed by atoms with Gasteiger partial charge >= 0.3 is 0 Å². The predicted octanol–water partition coefficient (Wildman–Crippen LogP) is 2.43. The summed E-state index contributed by atoms with van der Waals surface area (Å²) in [7, 11) is -3.87. The number of hydrogen-bond donors (Lipinski definition) is 2. The van der Waals surface area contributed by atoms with Crippen molar-refractivity contribution >= 4 is 10.0 Å². The zero-order valence-corrected chi connectivity index (χ0v) is 13.9. The van der Waals surface area contributed by atoms with Gasteiger partial charge in [0.05, 0.1) is 4.90 Å². The molecule has 0 saturated heterocycles. The lowest BCUT2D eigenvalue weighted by molar-refractivity contribution is 0.265. The van der Waals surface area contributed by atoms with Crippen LogP contribution in [0, 0.1) is 11.2 Å². The quantitative estimate of drug-likeness (QED) is 0.846. The van der Waals surface area contributed by atoms with Crippen molar-refractivity contribution in [3.63, 3.8) is 0 Å². The van der Waals surface area contributed by atoms with E-state index in [0.717, 1.165) is 19.0 Å². The van der Waals surface area contributed by atoms with Gasteiger partial charge in [0.2, 0.25) is 10.0 Å². The predicted molar refractivity (Wildman–Crippen MR) is 83.0 cm³/mol. The molecule has 0 amide bonds. The van der Waals surface area contributed by atoms with E-state index in [2.05, 4.69) is 33.0 Å². The molecule has 1 unspecified atom stereocenters. The van der Waals surface area contributed by atoms with E-state index in [-0.39, 0.29) is 16.4 Å². The largest absolute Gasteiger partial charge is 0.313 e. The minimum Gasteiger partial charge on any atom is -0.313 e. The van der Waals surface area contributed by atoms with E-state index in [0.29, 0.717) is 12.0 Å². The third kappa shape index (κ3) is 5.37. The summed E-state index contributed by atoms with van der Waals surface area (Å²) in [5.41, 5.74) is 0.464. The van der Waals surface area contributed by atoms with Crippen LogP contribution in [-0.2, 0) is 16.4 Å². The maximum absolute atomic E-state index is 14.1. The first-order valence-electron chi connectivity index (χ1n) is 7.10. The number of halogens is 1. The summed E-state index contributed by atoms with van der Waals surface area (Å²) in [6.45, 7) is 9.22. The number of nitrogens with two attached hydrogens (primary N) is 1. The van der Waals surface area contributed by atoms with Crippen LogP contribution in [0.4, 0.5) is 4.39 Å². The monoisotopic (exact) mass is 316 g/mol. The Morgan fingerprint density at radius 3 is 2.38 bits per heavy atom. The number of nitrogens with one attached hydrogen (secondary N) is 1. The van der Waals surface area contributed by atoms with Gasteiger partial charge in [-0.3, -0.25) is 0 Å². The van der Waals surface area contributed by atoms with Gasteiger partial charge in [-0.15, -0.1) is 0 Å². The molecule has 1 atom stereocenters. The van der Waals surface area contributed by atoms with Gasteiger partial charge in [-0.2, -0.15) is 0 Å². The summed E-state index contributed by atoms with van der Waals surface area (Å²) >= 11 is 0. The molecule has 0 aliphatic heterocycles. The van der Waals surface area contributed by atoms with E-state index in [1.165, 1.54) is 12.1 Å². The molecule has 0 radical (unpaired) electrons. The van der Waals surface area contributed by atoms with E-state index in [1.54, 1.807) is 0 Å². The van der Waals surface area contributed by atoms with E-state index in [1.807, 2.05) is 0 Å². The fourth-order valence-corrected chi connectivity index (χ4v) is 2.62. The molecule has 4 nitrogen and oxygen atoms in total. The van der Waals surface area contributed by atoms with E-state index >= 15 is 0 Å². The SMILES string of the molecule is CCCNC(Cc1ccc(S(N)(=O)=O)cc1F)C(C)(C)C. The van der Waals surface area contributed by atoms with Gasteiger partial charge in [-0.25, -0.2) is 17.9 Å². The maximum atomic E-state index is 14.1. The van der Waals surface area contributed by atoms with Crippen molar-refractivity contribution in [3.8, 4) is 0 Å². The molecule has 0 aliphatic carbocycles. The number of primary sulfonamides is 1. The molecule has 3 N–H and O–H groups in total. The second kappa shape index (κ2) is 6.85. The second-order valence-corrected chi connectivity index (χ2v) is 7.94. The normalized spacial score (nSPS) is 14.2. The molecule has 1 aromatic carbocycles. The Kier molecular flexibility index (Phi) is 5.90. The summed E-state index contributed by atoms with van der Waals surface area (Å²) in [6.07, 6.45) is 1.50. The van der Waals surface area contributed by atoms with Crippen LogP contribution in [0.15, 0.2) is 23.1 Å². The Hall–Kier alpha value is -0.980. The smallest absolute Gasteiger partial charge is 0.238 e. The zero-order chi connectivity index (χ0) is 16.3. The molecule has 0 fully saturated rings. The van der Waals surface area contributed by atoms with Gasteiger partial charge in [-0.1, -0.05) is 33.8 Å². The summed E-state index contributed by atoms with van der Waals surface area (Å²) in [4.78, 5) is -0.197. The summed E-state index contributed by atoms with van der Waals surface area (Å²) in [5.74, 6) is -0.533. The van der Waals surface area contributed by atoms with Crippen molar-refractivity contribution in [2.75, 3.05) is 6.54 Å². The summed E-state index contributed by atoms with van der Waals surface area (Å²) in [5, 5.41) is 8.43. The van der Waals surface area contributed by atoms with Crippen LogP contribution in [0.5, 0.6) is 0 Å². The number of benzene rings is 1. The topological polar surface area (TPSA) is 72.2 Å². The van der Waals surface area contributed by atoms with Crippen LogP contribution < -0.4 is 10.5 Å². The Balaban J connectivity index is 3.00. The number of hydrogen-bond acceptors (Lipinski definition) is 3. The fraction of sp³-hybridized carbons (Fsp3) is 0.600. The molecule has 1 aromatic rings. The van der Waals surface area contributed by atoms with Crippen molar-refractivity contribution < 1.29 is 12.8 Å². The molecule has 1 rings (SSSR count). The molecule has 0 saturated carbocycles. The van der Waals surface area contributed by atoms with Crippen molar-refractivity contribution in [2.24, 2.45) is 10.6 Å². The lowest BCUT2D eigenvalue weighted by Gasteiger charge is -2.32. The van der Waals surface area contributed by atoms with Gasteiger partial charge in [0.1, 0.15) is 5.82 Å². The molecule has 0 aliphatic rings. The minimum atomic E-state index is -3.87. The maximum Gasteiger partial charge on any atom is 0.238 e. The van der Waals surface area contributed by atoms with Gasteiger partial charge in [0, 0.05) is 6.04 Å². The Morgan fingerprint density at radius 2 is 1.95 bits per heavy atom. The standard InChI is InChI=1S/C15H25FN2O2S/c1-5-8-18-14(15(2,3)4)9-11-6-7-12(10-13(11)16)21(17,19)20/h6-7,10,14,18H,5,8-9H2,1-4H3,(H2,17,19,20). The van der Waals surface area contributed by atoms with Crippen molar-refractivity contribution in [3.05, 3.63) is 29.6 Å². The third-order valence-electron chi connectivity index (χ3n) is 3.46. The highest BCUT2D eigenvalue weighted by molar-refractivity contribution is 7.89. The van der Waals surface area contributed by atoms with E-state index < -0.39 is 15.8 Å². The van der Waals surface area contributed by atoms with Crippen molar-refractivity contribution in [1.29, 1.82) is 0 Å². The van der Waals surface area contributed by atoms with Crippen LogP contribution in [0.2, 0.25) is 0 Å². The van der Waals surface area contributed by atoms with Gasteiger partial charge in [0.15, 0.2) is 0 Å². The highest BCUT2D eigenvalue weighted by atomic mass is 32.2. The van der Waals surface area contributed by atoms with Crippen LogP contribution >= 0.6 is 0 Å². The molecule has 0 bridgehead atoms. The van der Waals surface area contributed by atoms with Crippen molar-refractivity contribution in [2.45, 2.75) is 51.5 Å². The van der Waals surface area contributed by atoms with Crippen LogP contribution in [0.1, 0.15) is 39.7 Å². The van der Waals surface area contributed by atoms with Crippen LogP contribution in [0.25, 0.3) is 0 Å². The first-order valence-corrected chi connectivity index (χ1v) is 8.65. The average Bonchev–Trinajstić information content (AvgIpc) is 2.33. The summed E-state index contributed by atoms with van der Waals surface area (Å²) in [6, 6.07) is 3.95. The first-order chi connectivity index (χ1) is 9.55. The highest BCUT2D eigenvalue weighted by Gasteiger charge is 2.25. The Labute approximate surface area is 127 Å². The molecular weight excluding hydrogens is 291 g/mol. The van der Waals surface area contributed by atoms with Crippen LogP contribution in [-0.4, -0.2) is 21.0 Å². The molecule has 0 spiro atoms. The second-order valence-electron chi connectivity index (χ2n) is 6.38. The highest BCUT2D eigenvalue weighted by Crippen LogP contribution is 2.24. The van der Waals surface area contributed by atoms with Gasteiger partial charge < -0.3 is 5.32 Å². The number of sulfonamides is 1. The Bertz CT molecular complexity index is 580. The van der Waals surface area contributed by atoms with Crippen molar-refractivity contribution in [1.82, 2.24) is 5.32 Å². The minimum absolute atomic E-state index is 0.0276. The van der Waals surface area contributed by atoms with Crippen LogP contribution in [0.3, 0.4) is 0 Å². The molecular formula is C15H25FN2O2S. The van der Waals surface area contributed by atoms with E-state index in [9.17, 15) is 12.8 Å². The lowest BCUT2D eigenvalue weighted by atomic mass is 9.83.